The van der Waals surface area contributed by atoms with E-state index in [1.54, 1.807) is 0 Å². The first-order chi connectivity index (χ1) is 35.2. The molecular formula is C68H45N3. The van der Waals surface area contributed by atoms with Crippen LogP contribution in [-0.2, 0) is 0 Å². The summed E-state index contributed by atoms with van der Waals surface area (Å²) in [6, 6.07) is 100. The maximum Gasteiger partial charge on any atom is 0.0562 e. The van der Waals surface area contributed by atoms with E-state index in [1.807, 2.05) is 0 Å². The first kappa shape index (κ1) is 40.6. The highest BCUT2D eigenvalue weighted by Crippen LogP contribution is 2.47. The summed E-state index contributed by atoms with van der Waals surface area (Å²) in [6.07, 6.45) is 0. The Morgan fingerprint density at radius 1 is 0.239 bits per heavy atom. The number of anilines is 3. The van der Waals surface area contributed by atoms with Gasteiger partial charge in [-0.05, 0) is 140 Å². The Balaban J connectivity index is 1.03. The molecule has 2 heterocycles. The number of aromatic nitrogens is 2. The molecule has 0 fully saturated rings. The van der Waals surface area contributed by atoms with E-state index < -0.39 is 0 Å². The van der Waals surface area contributed by atoms with Crippen LogP contribution in [0.4, 0.5) is 17.1 Å². The van der Waals surface area contributed by atoms with Crippen molar-refractivity contribution in [3.63, 3.8) is 0 Å². The average Bonchev–Trinajstić information content (AvgIpc) is 3.95. The van der Waals surface area contributed by atoms with Crippen molar-refractivity contribution in [2.24, 2.45) is 0 Å². The number of hydrogen-bond acceptors (Lipinski definition) is 1. The summed E-state index contributed by atoms with van der Waals surface area (Å²) >= 11 is 0. The van der Waals surface area contributed by atoms with Gasteiger partial charge >= 0.3 is 0 Å². The summed E-state index contributed by atoms with van der Waals surface area (Å²) in [5, 5.41) is 9.82. The molecule has 0 radical (unpaired) electrons. The molecule has 0 bridgehead atoms. The van der Waals surface area contributed by atoms with Crippen LogP contribution in [-0.4, -0.2) is 9.13 Å². The van der Waals surface area contributed by atoms with Crippen LogP contribution in [0.1, 0.15) is 0 Å². The Kier molecular flexibility index (Phi) is 9.53. The number of rotatable bonds is 8. The van der Waals surface area contributed by atoms with E-state index in [2.05, 4.69) is 287 Å². The number of para-hydroxylation sites is 4. The highest BCUT2D eigenvalue weighted by Gasteiger charge is 2.24. The minimum Gasteiger partial charge on any atom is -0.310 e. The van der Waals surface area contributed by atoms with Crippen molar-refractivity contribution >= 4 is 82.2 Å². The molecule has 0 saturated carbocycles. The molecule has 0 aliphatic rings. The van der Waals surface area contributed by atoms with Crippen LogP contribution in [0.3, 0.4) is 0 Å². The fourth-order valence-corrected chi connectivity index (χ4v) is 11.0. The van der Waals surface area contributed by atoms with Gasteiger partial charge in [0.1, 0.15) is 0 Å². The van der Waals surface area contributed by atoms with E-state index >= 15 is 0 Å². The largest absolute Gasteiger partial charge is 0.310 e. The van der Waals surface area contributed by atoms with Crippen molar-refractivity contribution in [2.75, 3.05) is 4.90 Å². The highest BCUT2D eigenvalue weighted by molar-refractivity contribution is 6.14. The van der Waals surface area contributed by atoms with E-state index in [0.29, 0.717) is 0 Å². The molecule has 0 amide bonds. The molecular weight excluding hydrogens is 859 g/mol. The Hall–Kier alpha value is -9.44. The summed E-state index contributed by atoms with van der Waals surface area (Å²) in [6.45, 7) is 0. The van der Waals surface area contributed by atoms with Crippen molar-refractivity contribution in [1.29, 1.82) is 0 Å². The molecule has 2 aromatic heterocycles. The standard InChI is InChI=1S/C68H45N3/c1-3-19-55(20-4-1)70-64-25-13-11-23-59(64)61-40-35-54(43-66(61)70)62-44-63-60-24-12-14-26-65(60)71(56-21-5-2-6-22-56)68(63)45-67(62)69(57-36-31-48(32-37-57)52-29-27-46-15-7-9-17-50(46)41-52)58-38-33-49(34-39-58)53-30-28-47-16-8-10-18-51(47)42-53/h1-45H. The molecule has 0 N–H and O–H groups in total. The smallest absolute Gasteiger partial charge is 0.0562 e. The number of nitrogens with zero attached hydrogens (tertiary/aromatic N) is 3. The van der Waals surface area contributed by atoms with E-state index in [-0.39, 0.29) is 0 Å². The Morgan fingerprint density at radius 2 is 0.648 bits per heavy atom. The summed E-state index contributed by atoms with van der Waals surface area (Å²) in [5.74, 6) is 0. The van der Waals surface area contributed by atoms with Gasteiger partial charge in [0.05, 0.1) is 27.8 Å². The second-order valence-electron chi connectivity index (χ2n) is 18.5. The Labute approximate surface area is 412 Å². The van der Waals surface area contributed by atoms with E-state index in [4.69, 9.17) is 0 Å². The SMILES string of the molecule is c1ccc(-n2c3ccccc3c3ccc(-c4cc5c6ccccc6n(-c6ccccc6)c5cc4N(c4ccc(-c5ccc6ccccc6c5)cc4)c4ccc(-c5ccc6ccccc6c5)cc4)cc32)cc1. The van der Waals surface area contributed by atoms with Crippen molar-refractivity contribution in [3.8, 4) is 44.8 Å². The van der Waals surface area contributed by atoms with Gasteiger partial charge in [-0.25, -0.2) is 0 Å². The Bertz CT molecular complexity index is 4190. The zero-order valence-electron chi connectivity index (χ0n) is 38.8. The predicted octanol–water partition coefficient (Wildman–Crippen LogP) is 18.7. The van der Waals surface area contributed by atoms with E-state index in [9.17, 15) is 0 Å². The van der Waals surface area contributed by atoms with Gasteiger partial charge in [-0.2, -0.15) is 0 Å². The third-order valence-corrected chi connectivity index (χ3v) is 14.5. The third kappa shape index (κ3) is 6.89. The Morgan fingerprint density at radius 3 is 1.18 bits per heavy atom. The molecule has 0 atom stereocenters. The molecule has 0 unspecified atom stereocenters. The second-order valence-corrected chi connectivity index (χ2v) is 18.5. The molecule has 3 nitrogen and oxygen atoms in total. The summed E-state index contributed by atoms with van der Waals surface area (Å²) in [7, 11) is 0. The molecule has 14 aromatic rings. The van der Waals surface area contributed by atoms with Gasteiger partial charge in [-0.15, -0.1) is 0 Å². The van der Waals surface area contributed by atoms with Gasteiger partial charge in [0.2, 0.25) is 0 Å². The lowest BCUT2D eigenvalue weighted by atomic mass is 9.96. The number of hydrogen-bond donors (Lipinski definition) is 0. The van der Waals surface area contributed by atoms with Crippen LogP contribution in [0.5, 0.6) is 0 Å². The van der Waals surface area contributed by atoms with Crippen LogP contribution in [0.15, 0.2) is 273 Å². The monoisotopic (exact) mass is 903 g/mol. The van der Waals surface area contributed by atoms with Gasteiger partial charge in [0.25, 0.3) is 0 Å². The van der Waals surface area contributed by atoms with Gasteiger partial charge in [-0.1, -0.05) is 182 Å². The first-order valence-electron chi connectivity index (χ1n) is 24.4. The topological polar surface area (TPSA) is 13.1 Å². The number of fused-ring (bicyclic) bond motifs is 8. The maximum absolute atomic E-state index is 2.47. The average molecular weight is 904 g/mol. The molecule has 332 valence electrons. The van der Waals surface area contributed by atoms with Gasteiger partial charge < -0.3 is 14.0 Å². The van der Waals surface area contributed by atoms with Crippen molar-refractivity contribution < 1.29 is 0 Å². The summed E-state index contributed by atoms with van der Waals surface area (Å²) < 4.78 is 4.85. The van der Waals surface area contributed by atoms with Crippen molar-refractivity contribution in [2.45, 2.75) is 0 Å². The lowest BCUT2D eigenvalue weighted by Gasteiger charge is -2.29. The lowest BCUT2D eigenvalue weighted by Crippen LogP contribution is -2.11. The van der Waals surface area contributed by atoms with Crippen molar-refractivity contribution in [1.82, 2.24) is 9.13 Å². The fraction of sp³-hybridized carbons (Fsp3) is 0. The predicted molar refractivity (Wildman–Crippen MR) is 301 cm³/mol. The van der Waals surface area contributed by atoms with Crippen molar-refractivity contribution in [3.05, 3.63) is 273 Å². The highest BCUT2D eigenvalue weighted by atomic mass is 15.1. The van der Waals surface area contributed by atoms with Gasteiger partial charge in [0, 0.05) is 49.9 Å². The van der Waals surface area contributed by atoms with Crippen LogP contribution in [0, 0.1) is 0 Å². The van der Waals surface area contributed by atoms with E-state index in [1.165, 1.54) is 81.9 Å². The van der Waals surface area contributed by atoms with Crippen LogP contribution < -0.4 is 4.90 Å². The molecule has 12 aromatic carbocycles. The second kappa shape index (κ2) is 16.7. The van der Waals surface area contributed by atoms with Crippen LogP contribution >= 0.6 is 0 Å². The number of benzene rings is 12. The first-order valence-corrected chi connectivity index (χ1v) is 24.4. The molecule has 0 spiro atoms. The minimum absolute atomic E-state index is 1.07. The lowest BCUT2D eigenvalue weighted by molar-refractivity contribution is 1.18. The third-order valence-electron chi connectivity index (χ3n) is 14.5. The van der Waals surface area contributed by atoms with Crippen LogP contribution in [0.25, 0.3) is 110 Å². The molecule has 3 heteroatoms. The molecule has 0 aliphatic carbocycles. The molecule has 71 heavy (non-hydrogen) atoms. The normalized spacial score (nSPS) is 11.7. The molecule has 0 aliphatic heterocycles. The summed E-state index contributed by atoms with van der Waals surface area (Å²) in [5.41, 5.74) is 17.1. The zero-order chi connectivity index (χ0) is 46.8. The van der Waals surface area contributed by atoms with Gasteiger partial charge in [-0.3, -0.25) is 0 Å². The summed E-state index contributed by atoms with van der Waals surface area (Å²) in [4.78, 5) is 2.47. The fourth-order valence-electron chi connectivity index (χ4n) is 11.0. The molecule has 14 rings (SSSR count). The van der Waals surface area contributed by atoms with E-state index in [0.717, 1.165) is 45.1 Å². The zero-order valence-corrected chi connectivity index (χ0v) is 38.8. The minimum atomic E-state index is 1.07. The molecule has 0 saturated heterocycles. The van der Waals surface area contributed by atoms with Gasteiger partial charge in [0.15, 0.2) is 0 Å². The quantitative estimate of drug-likeness (QED) is 0.148. The van der Waals surface area contributed by atoms with Crippen LogP contribution in [0.2, 0.25) is 0 Å². The maximum atomic E-state index is 2.47.